The average molecular weight is 352 g/mol. The zero-order valence-electron chi connectivity index (χ0n) is 10.5. The number of nitrogens with zero attached hydrogens (tertiary/aromatic N) is 1. The number of nitrogens with one attached hydrogen (secondary N) is 1. The maximum atomic E-state index is 13.7. The van der Waals surface area contributed by atoms with Gasteiger partial charge in [-0.25, -0.2) is 8.78 Å². The summed E-state index contributed by atoms with van der Waals surface area (Å²) in [4.78, 5) is 12.1. The van der Waals surface area contributed by atoms with Crippen molar-refractivity contribution >= 4 is 33.2 Å². The lowest BCUT2D eigenvalue weighted by Gasteiger charge is -2.09. The molecule has 106 valence electrons. The minimum Gasteiger partial charge on any atom is -0.396 e. The molecular formula is C14H8BrF2N3O. The summed E-state index contributed by atoms with van der Waals surface area (Å²) < 4.78 is 27.1. The molecule has 0 heterocycles. The average Bonchev–Trinajstić information content (AvgIpc) is 2.44. The predicted molar refractivity (Wildman–Crippen MR) is 77.6 cm³/mol. The van der Waals surface area contributed by atoms with Crippen molar-refractivity contribution < 1.29 is 13.6 Å². The maximum absolute atomic E-state index is 13.7. The van der Waals surface area contributed by atoms with Gasteiger partial charge in [0, 0.05) is 4.47 Å². The van der Waals surface area contributed by atoms with Gasteiger partial charge in [0.05, 0.1) is 28.6 Å². The van der Waals surface area contributed by atoms with E-state index in [1.807, 2.05) is 0 Å². The standard InChI is InChI=1S/C14H8BrF2N3O/c15-9-5-10(16)12(19)4-8(9)14(21)20-13-2-1-7(6-18)3-11(13)17/h1-5H,19H2,(H,20,21). The fraction of sp³-hybridized carbons (Fsp3) is 0. The third kappa shape index (κ3) is 3.17. The molecule has 0 atom stereocenters. The Hall–Kier alpha value is -2.46. The molecule has 0 aromatic heterocycles. The van der Waals surface area contributed by atoms with E-state index in [0.717, 1.165) is 18.2 Å². The van der Waals surface area contributed by atoms with E-state index in [4.69, 9.17) is 11.0 Å². The van der Waals surface area contributed by atoms with Crippen LogP contribution in [0.3, 0.4) is 0 Å². The van der Waals surface area contributed by atoms with Gasteiger partial charge < -0.3 is 11.1 Å². The van der Waals surface area contributed by atoms with Crippen LogP contribution in [-0.4, -0.2) is 5.91 Å². The Labute approximate surface area is 127 Å². The number of carbonyl (C=O) groups excluding carboxylic acids is 1. The van der Waals surface area contributed by atoms with Crippen LogP contribution in [0, 0.1) is 23.0 Å². The van der Waals surface area contributed by atoms with E-state index in [1.54, 1.807) is 6.07 Å². The zero-order chi connectivity index (χ0) is 15.6. The Morgan fingerprint density at radius 1 is 1.24 bits per heavy atom. The van der Waals surface area contributed by atoms with Crippen molar-refractivity contribution in [1.29, 1.82) is 5.26 Å². The third-order valence-corrected chi connectivity index (χ3v) is 3.33. The molecule has 0 radical (unpaired) electrons. The molecule has 0 aliphatic rings. The Kier molecular flexibility index (Phi) is 4.19. The van der Waals surface area contributed by atoms with Crippen LogP contribution >= 0.6 is 15.9 Å². The number of nitrogens with two attached hydrogens (primary N) is 1. The summed E-state index contributed by atoms with van der Waals surface area (Å²) in [5.74, 6) is -2.06. The summed E-state index contributed by atoms with van der Waals surface area (Å²) in [6.45, 7) is 0. The molecule has 0 saturated heterocycles. The minimum absolute atomic E-state index is 0.0673. The van der Waals surface area contributed by atoms with Crippen LogP contribution in [0.25, 0.3) is 0 Å². The highest BCUT2D eigenvalue weighted by Crippen LogP contribution is 2.24. The number of amides is 1. The van der Waals surface area contributed by atoms with Crippen molar-refractivity contribution in [3.63, 3.8) is 0 Å². The lowest BCUT2D eigenvalue weighted by atomic mass is 10.1. The van der Waals surface area contributed by atoms with E-state index in [-0.39, 0.29) is 27.0 Å². The van der Waals surface area contributed by atoms with Crippen LogP contribution in [0.2, 0.25) is 0 Å². The second-order valence-electron chi connectivity index (χ2n) is 4.11. The quantitative estimate of drug-likeness (QED) is 0.813. The number of anilines is 2. The van der Waals surface area contributed by atoms with Crippen LogP contribution in [0.15, 0.2) is 34.8 Å². The molecule has 0 aliphatic heterocycles. The SMILES string of the molecule is N#Cc1ccc(NC(=O)c2cc(N)c(F)cc2Br)c(F)c1. The van der Waals surface area contributed by atoms with Gasteiger partial charge in [-0.05, 0) is 46.3 Å². The fourth-order valence-corrected chi connectivity index (χ4v) is 2.11. The second-order valence-corrected chi connectivity index (χ2v) is 4.97. The first kappa shape index (κ1) is 14.9. The summed E-state index contributed by atoms with van der Waals surface area (Å²) in [5.41, 5.74) is 5.33. The van der Waals surface area contributed by atoms with Gasteiger partial charge in [0.1, 0.15) is 11.6 Å². The number of halogens is 3. The number of nitrogen functional groups attached to an aromatic ring is 1. The number of hydrogen-bond donors (Lipinski definition) is 2. The van der Waals surface area contributed by atoms with Crippen LogP contribution in [-0.2, 0) is 0 Å². The molecule has 0 unspecified atom stereocenters. The molecule has 0 spiro atoms. The summed E-state index contributed by atoms with van der Waals surface area (Å²) in [7, 11) is 0. The Bertz CT molecular complexity index is 772. The third-order valence-electron chi connectivity index (χ3n) is 2.68. The van der Waals surface area contributed by atoms with Crippen molar-refractivity contribution in [2.24, 2.45) is 0 Å². The van der Waals surface area contributed by atoms with Crippen molar-refractivity contribution in [2.45, 2.75) is 0 Å². The van der Waals surface area contributed by atoms with E-state index in [9.17, 15) is 13.6 Å². The maximum Gasteiger partial charge on any atom is 0.256 e. The van der Waals surface area contributed by atoms with E-state index in [2.05, 4.69) is 21.2 Å². The summed E-state index contributed by atoms with van der Waals surface area (Å²) in [6, 6.07) is 7.63. The molecule has 4 nitrogen and oxygen atoms in total. The molecule has 0 fully saturated rings. The number of hydrogen-bond acceptors (Lipinski definition) is 3. The van der Waals surface area contributed by atoms with Crippen molar-refractivity contribution in [1.82, 2.24) is 0 Å². The number of carbonyl (C=O) groups is 1. The van der Waals surface area contributed by atoms with Crippen LogP contribution in [0.1, 0.15) is 15.9 Å². The van der Waals surface area contributed by atoms with Crippen molar-refractivity contribution in [3.05, 3.63) is 57.6 Å². The largest absolute Gasteiger partial charge is 0.396 e. The first-order valence-electron chi connectivity index (χ1n) is 5.68. The highest BCUT2D eigenvalue weighted by atomic mass is 79.9. The summed E-state index contributed by atoms with van der Waals surface area (Å²) in [5, 5.41) is 11.0. The highest BCUT2D eigenvalue weighted by molar-refractivity contribution is 9.10. The topological polar surface area (TPSA) is 78.9 Å². The fourth-order valence-electron chi connectivity index (χ4n) is 1.62. The molecule has 0 saturated carbocycles. The number of benzene rings is 2. The summed E-state index contributed by atoms with van der Waals surface area (Å²) in [6.07, 6.45) is 0. The first-order valence-corrected chi connectivity index (χ1v) is 6.47. The van der Waals surface area contributed by atoms with Gasteiger partial charge in [0.25, 0.3) is 5.91 Å². The van der Waals surface area contributed by atoms with Gasteiger partial charge in [-0.2, -0.15) is 5.26 Å². The van der Waals surface area contributed by atoms with Gasteiger partial charge in [-0.15, -0.1) is 0 Å². The van der Waals surface area contributed by atoms with Gasteiger partial charge in [-0.3, -0.25) is 4.79 Å². The Morgan fingerprint density at radius 2 is 1.95 bits per heavy atom. The Balaban J connectivity index is 2.31. The second kappa shape index (κ2) is 5.89. The van der Waals surface area contributed by atoms with Crippen LogP contribution < -0.4 is 11.1 Å². The zero-order valence-corrected chi connectivity index (χ0v) is 12.0. The minimum atomic E-state index is -0.742. The summed E-state index contributed by atoms with van der Waals surface area (Å²) >= 11 is 3.04. The van der Waals surface area contributed by atoms with Crippen LogP contribution in [0.4, 0.5) is 20.2 Å². The van der Waals surface area contributed by atoms with E-state index in [0.29, 0.717) is 0 Å². The molecular weight excluding hydrogens is 344 g/mol. The van der Waals surface area contributed by atoms with Gasteiger partial charge in [-0.1, -0.05) is 0 Å². The number of rotatable bonds is 2. The van der Waals surface area contributed by atoms with Crippen LogP contribution in [0.5, 0.6) is 0 Å². The number of nitriles is 1. The predicted octanol–water partition coefficient (Wildman–Crippen LogP) is 3.43. The smallest absolute Gasteiger partial charge is 0.256 e. The van der Waals surface area contributed by atoms with Crippen molar-refractivity contribution in [3.8, 4) is 6.07 Å². The van der Waals surface area contributed by atoms with Gasteiger partial charge in [0.2, 0.25) is 0 Å². The van der Waals surface area contributed by atoms with Gasteiger partial charge in [0.15, 0.2) is 0 Å². The lowest BCUT2D eigenvalue weighted by molar-refractivity contribution is 0.102. The Morgan fingerprint density at radius 3 is 2.57 bits per heavy atom. The van der Waals surface area contributed by atoms with E-state index in [1.165, 1.54) is 12.1 Å². The molecule has 2 aromatic carbocycles. The highest BCUT2D eigenvalue weighted by Gasteiger charge is 2.15. The van der Waals surface area contributed by atoms with E-state index < -0.39 is 17.5 Å². The molecule has 1 amide bonds. The molecule has 21 heavy (non-hydrogen) atoms. The molecule has 0 aliphatic carbocycles. The normalized spacial score (nSPS) is 10.0. The first-order chi connectivity index (χ1) is 9.92. The monoisotopic (exact) mass is 351 g/mol. The van der Waals surface area contributed by atoms with E-state index >= 15 is 0 Å². The molecule has 3 N–H and O–H groups in total. The molecule has 0 bridgehead atoms. The molecule has 2 aromatic rings. The molecule has 2 rings (SSSR count). The molecule has 7 heteroatoms. The van der Waals surface area contributed by atoms with Crippen molar-refractivity contribution in [2.75, 3.05) is 11.1 Å². The van der Waals surface area contributed by atoms with Gasteiger partial charge >= 0.3 is 0 Å². The lowest BCUT2D eigenvalue weighted by Crippen LogP contribution is -2.14.